The Hall–Kier alpha value is -3.48. The van der Waals surface area contributed by atoms with Crippen LogP contribution in [-0.4, -0.2) is 93.4 Å². The number of halogens is 2. The first-order valence-electron chi connectivity index (χ1n) is 15.8. The van der Waals surface area contributed by atoms with Crippen molar-refractivity contribution in [1.82, 2.24) is 34.6 Å². The normalized spacial score (nSPS) is 18.5. The zero-order chi connectivity index (χ0) is 32.6. The zero-order valence-corrected chi connectivity index (χ0v) is 28.5. The Morgan fingerprint density at radius 1 is 1.04 bits per heavy atom. The number of nitrogens with one attached hydrogen (secondary N) is 1. The maximum Gasteiger partial charge on any atom is 0.314 e. The third kappa shape index (κ3) is 8.45. The molecule has 46 heavy (non-hydrogen) atoms. The zero-order valence-electron chi connectivity index (χ0n) is 26.2. The van der Waals surface area contributed by atoms with Gasteiger partial charge in [0, 0.05) is 93.3 Å². The number of rotatable bonds is 7. The van der Waals surface area contributed by atoms with Crippen LogP contribution < -0.4 is 11.1 Å². The van der Waals surface area contributed by atoms with Gasteiger partial charge < -0.3 is 25.4 Å². The average molecular weight is 714 g/mol. The van der Waals surface area contributed by atoms with Crippen LogP contribution >= 0.6 is 27.5 Å². The fraction of sp³-hybridized carbons (Fsp3) is 0.485. The van der Waals surface area contributed by atoms with Crippen LogP contribution in [0.2, 0.25) is 5.02 Å². The fourth-order valence-corrected chi connectivity index (χ4v) is 7.20. The first-order valence-corrected chi connectivity index (χ1v) is 17.0. The van der Waals surface area contributed by atoms with E-state index in [0.717, 1.165) is 66.1 Å². The number of carbonyl (C=O) groups is 3. The van der Waals surface area contributed by atoms with Gasteiger partial charge >= 0.3 is 6.03 Å². The van der Waals surface area contributed by atoms with Crippen molar-refractivity contribution in [3.63, 3.8) is 0 Å². The number of amides is 4. The van der Waals surface area contributed by atoms with Gasteiger partial charge in [-0.05, 0) is 82.4 Å². The standard InChI is InChI=1S/C26H31BrClN5O2.C7H11N3O/c27-20-14-19-2-1-18-15-21(28)3-4-22(18)25(24(19)30-16-20)32-11-9-31(10-12-32)23(34)13-17-5-7-33(8-6-17)26(29)35;1-10-5-9-4-7(10)2-3-8-6-11/h3-4,14-17,25H,1-2,5-13H2,(H2,29,35);4-6H,2-3H2,1H3,(H,8,11). The van der Waals surface area contributed by atoms with Crippen molar-refractivity contribution in [3.05, 3.63) is 80.6 Å². The molecule has 1 aromatic carbocycles. The highest BCUT2D eigenvalue weighted by Crippen LogP contribution is 2.38. The number of urea groups is 1. The Bertz CT molecular complexity index is 1460. The van der Waals surface area contributed by atoms with Gasteiger partial charge in [-0.1, -0.05) is 17.7 Å². The van der Waals surface area contributed by atoms with Gasteiger partial charge in [0.05, 0.1) is 18.1 Å². The number of piperidine rings is 1. The van der Waals surface area contributed by atoms with E-state index in [-0.39, 0.29) is 18.0 Å². The number of carbonyl (C=O) groups excluding carboxylic acids is 3. The average Bonchev–Trinajstić information content (AvgIpc) is 3.39. The number of primary amides is 1. The molecule has 0 radical (unpaired) electrons. The van der Waals surface area contributed by atoms with Gasteiger partial charge in [0.15, 0.2) is 0 Å². The van der Waals surface area contributed by atoms with E-state index in [1.54, 1.807) is 17.4 Å². The van der Waals surface area contributed by atoms with E-state index in [2.05, 4.69) is 49.3 Å². The molecular weight excluding hydrogens is 672 g/mol. The Labute approximate surface area is 283 Å². The summed E-state index contributed by atoms with van der Waals surface area (Å²) in [4.78, 5) is 49.3. The molecule has 2 saturated heterocycles. The number of likely N-dealkylation sites (tertiary alicyclic amines) is 1. The second kappa shape index (κ2) is 15.9. The van der Waals surface area contributed by atoms with Gasteiger partial charge in [0.1, 0.15) is 0 Å². The van der Waals surface area contributed by atoms with Gasteiger partial charge in [0.2, 0.25) is 12.3 Å². The maximum atomic E-state index is 13.1. The van der Waals surface area contributed by atoms with Crippen LogP contribution in [0.1, 0.15) is 53.4 Å². The Balaban J connectivity index is 0.000000322. The Morgan fingerprint density at radius 2 is 1.78 bits per heavy atom. The minimum Gasteiger partial charge on any atom is -0.358 e. The molecule has 0 spiro atoms. The second-order valence-corrected chi connectivity index (χ2v) is 13.5. The largest absolute Gasteiger partial charge is 0.358 e. The van der Waals surface area contributed by atoms with E-state index in [4.69, 9.17) is 22.3 Å². The minimum atomic E-state index is -0.364. The smallest absolute Gasteiger partial charge is 0.314 e. The molecule has 6 rings (SSSR count). The van der Waals surface area contributed by atoms with Gasteiger partial charge in [0.25, 0.3) is 0 Å². The van der Waals surface area contributed by atoms with E-state index >= 15 is 0 Å². The van der Waals surface area contributed by atoms with Crippen molar-refractivity contribution in [2.45, 2.75) is 44.6 Å². The quantitative estimate of drug-likeness (QED) is 0.284. The lowest BCUT2D eigenvalue weighted by molar-refractivity contribution is -0.134. The summed E-state index contributed by atoms with van der Waals surface area (Å²) in [6.07, 6.45) is 11.1. The van der Waals surface area contributed by atoms with Crippen LogP contribution in [0.5, 0.6) is 0 Å². The van der Waals surface area contributed by atoms with Crippen molar-refractivity contribution >= 4 is 45.9 Å². The SMILES string of the molecule is Cn1cncc1CCNC=O.NC(=O)N1CCC(CC(=O)N2CCN(C3c4ccc(Cl)cc4CCc4cc(Br)cnc43)CC2)CC1. The number of pyridine rings is 1. The van der Waals surface area contributed by atoms with E-state index < -0.39 is 0 Å². The number of benzene rings is 1. The first kappa shape index (κ1) is 33.9. The van der Waals surface area contributed by atoms with Gasteiger partial charge in [-0.2, -0.15) is 0 Å². The van der Waals surface area contributed by atoms with Crippen LogP contribution in [-0.2, 0) is 35.9 Å². The van der Waals surface area contributed by atoms with Crippen LogP contribution in [0.3, 0.4) is 0 Å². The highest BCUT2D eigenvalue weighted by molar-refractivity contribution is 9.10. The Kier molecular flexibility index (Phi) is 11.7. The summed E-state index contributed by atoms with van der Waals surface area (Å²) in [6, 6.07) is 8.10. The lowest BCUT2D eigenvalue weighted by Crippen LogP contribution is -2.50. The summed E-state index contributed by atoms with van der Waals surface area (Å²) in [5.41, 5.74) is 11.4. The van der Waals surface area contributed by atoms with Gasteiger partial charge in [-0.15, -0.1) is 0 Å². The minimum absolute atomic E-state index is 0.0586. The monoisotopic (exact) mass is 712 g/mol. The molecule has 11 nitrogen and oxygen atoms in total. The first-order chi connectivity index (χ1) is 22.2. The van der Waals surface area contributed by atoms with E-state index in [9.17, 15) is 14.4 Å². The molecule has 246 valence electrons. The molecule has 3 N–H and O–H groups in total. The molecule has 2 aromatic heterocycles. The molecule has 0 bridgehead atoms. The number of piperazine rings is 1. The topological polar surface area (TPSA) is 130 Å². The molecule has 4 amide bonds. The third-order valence-electron chi connectivity index (χ3n) is 9.24. The van der Waals surface area contributed by atoms with E-state index in [0.29, 0.717) is 51.5 Å². The summed E-state index contributed by atoms with van der Waals surface area (Å²) >= 11 is 9.94. The summed E-state index contributed by atoms with van der Waals surface area (Å²) in [5, 5.41) is 3.36. The summed E-state index contributed by atoms with van der Waals surface area (Å²) in [6.45, 7) is 4.99. The molecule has 1 atom stereocenters. The van der Waals surface area contributed by atoms with E-state index in [1.807, 2.05) is 28.8 Å². The van der Waals surface area contributed by atoms with Crippen molar-refractivity contribution < 1.29 is 14.4 Å². The highest BCUT2D eigenvalue weighted by Gasteiger charge is 2.34. The number of nitrogens with zero attached hydrogens (tertiary/aromatic N) is 6. The number of aromatic nitrogens is 3. The molecule has 4 heterocycles. The number of nitrogens with two attached hydrogens (primary N) is 1. The van der Waals surface area contributed by atoms with Gasteiger partial charge in [-0.25, -0.2) is 9.78 Å². The van der Waals surface area contributed by atoms with Crippen molar-refractivity contribution in [3.8, 4) is 0 Å². The fourth-order valence-electron chi connectivity index (χ4n) is 6.63. The maximum absolute atomic E-state index is 13.1. The highest BCUT2D eigenvalue weighted by atomic mass is 79.9. The van der Waals surface area contributed by atoms with Crippen LogP contribution in [0.4, 0.5) is 4.79 Å². The lowest BCUT2D eigenvalue weighted by atomic mass is 9.93. The summed E-state index contributed by atoms with van der Waals surface area (Å²) < 4.78 is 2.93. The molecule has 13 heteroatoms. The molecule has 0 saturated carbocycles. The molecule has 2 aliphatic heterocycles. The number of fused-ring (bicyclic) bond motifs is 2. The van der Waals surface area contributed by atoms with Crippen LogP contribution in [0.15, 0.2) is 47.5 Å². The van der Waals surface area contributed by atoms with Gasteiger partial charge in [-0.3, -0.25) is 19.5 Å². The molecule has 1 aliphatic carbocycles. The molecule has 3 aromatic rings. The predicted molar refractivity (Wildman–Crippen MR) is 180 cm³/mol. The van der Waals surface area contributed by atoms with Crippen molar-refractivity contribution in [1.29, 1.82) is 0 Å². The summed E-state index contributed by atoms with van der Waals surface area (Å²) in [7, 11) is 1.93. The van der Waals surface area contributed by atoms with Crippen LogP contribution in [0, 0.1) is 5.92 Å². The predicted octanol–water partition coefficient (Wildman–Crippen LogP) is 3.72. The third-order valence-corrected chi connectivity index (χ3v) is 9.91. The number of imidazole rings is 1. The molecule has 2 fully saturated rings. The lowest BCUT2D eigenvalue weighted by Gasteiger charge is -2.40. The number of aryl methyl sites for hydroxylation is 3. The molecule has 3 aliphatic rings. The van der Waals surface area contributed by atoms with Crippen molar-refractivity contribution in [2.24, 2.45) is 18.7 Å². The summed E-state index contributed by atoms with van der Waals surface area (Å²) in [5.74, 6) is 0.543. The number of hydrogen-bond acceptors (Lipinski definition) is 6. The molecule has 1 unspecified atom stereocenters. The van der Waals surface area contributed by atoms with Crippen LogP contribution in [0.25, 0.3) is 0 Å². The second-order valence-electron chi connectivity index (χ2n) is 12.2. The molecular formula is C33H42BrClN8O3. The number of hydrogen-bond donors (Lipinski definition) is 2. The van der Waals surface area contributed by atoms with E-state index in [1.165, 1.54) is 16.7 Å². The van der Waals surface area contributed by atoms with Crippen molar-refractivity contribution in [2.75, 3.05) is 45.8 Å². The Morgan fingerprint density at radius 3 is 2.46 bits per heavy atom.